The highest BCUT2D eigenvalue weighted by atomic mass is 32.1. The number of ketones is 1. The van der Waals surface area contributed by atoms with E-state index < -0.39 is 0 Å². The molecule has 1 fully saturated rings. The van der Waals surface area contributed by atoms with Crippen LogP contribution < -0.4 is 0 Å². The van der Waals surface area contributed by atoms with Crippen LogP contribution >= 0.6 is 11.3 Å². The van der Waals surface area contributed by atoms with Crippen molar-refractivity contribution in [1.29, 1.82) is 0 Å². The van der Waals surface area contributed by atoms with Crippen LogP contribution in [0.4, 0.5) is 0 Å². The van der Waals surface area contributed by atoms with E-state index in [1.54, 1.807) is 18.3 Å². The lowest BCUT2D eigenvalue weighted by atomic mass is 10.1. The van der Waals surface area contributed by atoms with Crippen molar-refractivity contribution < 1.29 is 9.53 Å². The first kappa shape index (κ1) is 10.8. The van der Waals surface area contributed by atoms with E-state index in [9.17, 15) is 4.79 Å². The minimum Gasteiger partial charge on any atom is -0.381 e. The number of Topliss-reactive ketones (excluding diaryl/α,β-unsaturated/α-hetero) is 1. The van der Waals surface area contributed by atoms with E-state index in [1.165, 1.54) is 0 Å². The van der Waals surface area contributed by atoms with Gasteiger partial charge in [-0.05, 0) is 19.3 Å². The second-order valence-corrected chi connectivity index (χ2v) is 5.29. The molecule has 0 N–H and O–H groups in total. The molecule has 0 saturated carbocycles. The Bertz CT molecular complexity index is 367. The summed E-state index contributed by atoms with van der Waals surface area (Å²) in [6.07, 6.45) is 2.08. The second kappa shape index (κ2) is 4.41. The Morgan fingerprint density at radius 1 is 1.67 bits per heavy atom. The van der Waals surface area contributed by atoms with Crippen molar-refractivity contribution in [1.82, 2.24) is 4.98 Å². The maximum Gasteiger partial charge on any atom is 0.179 e. The van der Waals surface area contributed by atoms with Crippen LogP contribution in [0.1, 0.15) is 33.7 Å². The number of aryl methyl sites for hydroxylation is 1. The van der Waals surface area contributed by atoms with E-state index in [2.05, 4.69) is 4.98 Å². The average molecular weight is 225 g/mol. The van der Waals surface area contributed by atoms with Gasteiger partial charge in [0, 0.05) is 31.4 Å². The number of thiazole rings is 1. The van der Waals surface area contributed by atoms with Gasteiger partial charge >= 0.3 is 0 Å². The third kappa shape index (κ3) is 2.44. The number of hydrogen-bond donors (Lipinski definition) is 0. The first-order chi connectivity index (χ1) is 7.16. The predicted octanol–water partition coefficient (Wildman–Crippen LogP) is 2.23. The molecule has 0 spiro atoms. The fourth-order valence-electron chi connectivity index (χ4n) is 1.86. The van der Waals surface area contributed by atoms with Crippen LogP contribution in [0.15, 0.2) is 0 Å². The minimum atomic E-state index is 0.0673. The van der Waals surface area contributed by atoms with Gasteiger partial charge in [0.25, 0.3) is 0 Å². The molecular formula is C11H15NO2S. The van der Waals surface area contributed by atoms with E-state index in [0.717, 1.165) is 35.9 Å². The van der Waals surface area contributed by atoms with Crippen LogP contribution in [-0.4, -0.2) is 24.0 Å². The standard InChI is InChI=1S/C11H15NO2S/c1-7(13)11-8(2)15-10(12-11)5-9-3-4-14-6-9/h9H,3-6H2,1-2H3. The molecule has 0 bridgehead atoms. The summed E-state index contributed by atoms with van der Waals surface area (Å²) in [4.78, 5) is 16.7. The molecule has 1 saturated heterocycles. The van der Waals surface area contributed by atoms with Crippen LogP contribution in [0.5, 0.6) is 0 Å². The lowest BCUT2D eigenvalue weighted by Gasteiger charge is -2.02. The largest absolute Gasteiger partial charge is 0.381 e. The zero-order valence-corrected chi connectivity index (χ0v) is 9.89. The highest BCUT2D eigenvalue weighted by Gasteiger charge is 2.19. The van der Waals surface area contributed by atoms with Crippen molar-refractivity contribution in [2.24, 2.45) is 5.92 Å². The maximum atomic E-state index is 11.2. The highest BCUT2D eigenvalue weighted by Crippen LogP contribution is 2.24. The van der Waals surface area contributed by atoms with E-state index in [0.29, 0.717) is 11.6 Å². The summed E-state index contributed by atoms with van der Waals surface area (Å²) in [5.74, 6) is 0.660. The van der Waals surface area contributed by atoms with Crippen LogP contribution in [-0.2, 0) is 11.2 Å². The molecule has 0 aliphatic carbocycles. The fraction of sp³-hybridized carbons (Fsp3) is 0.636. The summed E-state index contributed by atoms with van der Waals surface area (Å²) >= 11 is 1.64. The summed E-state index contributed by atoms with van der Waals surface area (Å²) in [5, 5.41) is 1.08. The van der Waals surface area contributed by atoms with E-state index in [4.69, 9.17) is 4.74 Å². The molecule has 2 rings (SSSR count). The molecule has 15 heavy (non-hydrogen) atoms. The summed E-state index contributed by atoms with van der Waals surface area (Å²) in [6, 6.07) is 0. The quantitative estimate of drug-likeness (QED) is 0.740. The highest BCUT2D eigenvalue weighted by molar-refractivity contribution is 7.11. The number of aromatic nitrogens is 1. The Labute approximate surface area is 93.5 Å². The molecule has 1 aliphatic rings. The SMILES string of the molecule is CC(=O)c1nc(CC2CCOC2)sc1C. The van der Waals surface area contributed by atoms with Gasteiger partial charge in [0.1, 0.15) is 5.69 Å². The van der Waals surface area contributed by atoms with Gasteiger partial charge in [-0.15, -0.1) is 11.3 Å². The lowest BCUT2D eigenvalue weighted by molar-refractivity contribution is 0.101. The molecule has 1 unspecified atom stereocenters. The van der Waals surface area contributed by atoms with E-state index in [1.807, 2.05) is 6.92 Å². The monoisotopic (exact) mass is 225 g/mol. The Kier molecular flexibility index (Phi) is 3.17. The van der Waals surface area contributed by atoms with Crippen LogP contribution in [0, 0.1) is 12.8 Å². The number of hydrogen-bond acceptors (Lipinski definition) is 4. The van der Waals surface area contributed by atoms with Gasteiger partial charge in [-0.2, -0.15) is 0 Å². The zero-order chi connectivity index (χ0) is 10.8. The van der Waals surface area contributed by atoms with Crippen LogP contribution in [0.2, 0.25) is 0 Å². The van der Waals surface area contributed by atoms with E-state index >= 15 is 0 Å². The van der Waals surface area contributed by atoms with Gasteiger partial charge in [-0.3, -0.25) is 4.79 Å². The van der Waals surface area contributed by atoms with Gasteiger partial charge in [0.05, 0.1) is 5.01 Å². The van der Waals surface area contributed by atoms with Crippen molar-refractivity contribution in [3.8, 4) is 0 Å². The predicted molar refractivity (Wildman–Crippen MR) is 59.5 cm³/mol. The van der Waals surface area contributed by atoms with Gasteiger partial charge in [-0.1, -0.05) is 0 Å². The lowest BCUT2D eigenvalue weighted by Crippen LogP contribution is -2.03. The number of rotatable bonds is 3. The van der Waals surface area contributed by atoms with E-state index in [-0.39, 0.29) is 5.78 Å². The molecule has 0 radical (unpaired) electrons. The number of nitrogens with zero attached hydrogens (tertiary/aromatic N) is 1. The van der Waals surface area contributed by atoms with Gasteiger partial charge in [0.15, 0.2) is 5.78 Å². The Hall–Kier alpha value is -0.740. The van der Waals surface area contributed by atoms with Crippen molar-refractivity contribution in [2.75, 3.05) is 13.2 Å². The van der Waals surface area contributed by atoms with Gasteiger partial charge < -0.3 is 4.74 Å². The Balaban J connectivity index is 2.08. The molecule has 0 aromatic carbocycles. The Morgan fingerprint density at radius 3 is 3.00 bits per heavy atom. The molecule has 4 heteroatoms. The summed E-state index contributed by atoms with van der Waals surface area (Å²) < 4.78 is 5.32. The number of ether oxygens (including phenoxy) is 1. The summed E-state index contributed by atoms with van der Waals surface area (Å²) in [6.45, 7) is 5.25. The smallest absolute Gasteiger partial charge is 0.179 e. The van der Waals surface area contributed by atoms with Crippen molar-refractivity contribution >= 4 is 17.1 Å². The number of carbonyl (C=O) groups excluding carboxylic acids is 1. The maximum absolute atomic E-state index is 11.2. The normalized spacial score (nSPS) is 20.8. The average Bonchev–Trinajstić information content (AvgIpc) is 2.75. The van der Waals surface area contributed by atoms with Crippen molar-refractivity contribution in [3.05, 3.63) is 15.6 Å². The molecule has 1 atom stereocenters. The van der Waals surface area contributed by atoms with Crippen LogP contribution in [0.3, 0.4) is 0 Å². The number of carbonyl (C=O) groups is 1. The Morgan fingerprint density at radius 2 is 2.47 bits per heavy atom. The first-order valence-electron chi connectivity index (χ1n) is 5.22. The summed E-state index contributed by atoms with van der Waals surface area (Å²) in [5.41, 5.74) is 0.647. The fourth-order valence-corrected chi connectivity index (χ4v) is 2.95. The molecule has 3 nitrogen and oxygen atoms in total. The van der Waals surface area contributed by atoms with Gasteiger partial charge in [0.2, 0.25) is 0 Å². The molecule has 1 aromatic heterocycles. The minimum absolute atomic E-state index is 0.0673. The topological polar surface area (TPSA) is 39.2 Å². The zero-order valence-electron chi connectivity index (χ0n) is 9.08. The first-order valence-corrected chi connectivity index (χ1v) is 6.03. The van der Waals surface area contributed by atoms with Crippen LogP contribution in [0.25, 0.3) is 0 Å². The third-order valence-corrected chi connectivity index (χ3v) is 3.65. The van der Waals surface area contributed by atoms with Crippen molar-refractivity contribution in [2.45, 2.75) is 26.7 Å². The third-order valence-electron chi connectivity index (χ3n) is 2.66. The molecule has 1 aliphatic heterocycles. The molecule has 2 heterocycles. The molecular weight excluding hydrogens is 210 g/mol. The molecule has 0 amide bonds. The second-order valence-electron chi connectivity index (χ2n) is 4.00. The molecule has 1 aromatic rings. The molecule has 82 valence electrons. The summed E-state index contributed by atoms with van der Waals surface area (Å²) in [7, 11) is 0. The van der Waals surface area contributed by atoms with Crippen molar-refractivity contribution in [3.63, 3.8) is 0 Å². The van der Waals surface area contributed by atoms with Gasteiger partial charge in [-0.25, -0.2) is 4.98 Å².